The zero-order chi connectivity index (χ0) is 18.4. The summed E-state index contributed by atoms with van der Waals surface area (Å²) in [7, 11) is 2.35. The second-order valence-electron chi connectivity index (χ2n) is 8.59. The van der Waals surface area contributed by atoms with Gasteiger partial charge in [-0.25, -0.2) is 0 Å². The van der Waals surface area contributed by atoms with E-state index in [4.69, 9.17) is 0 Å². The molecule has 2 unspecified atom stereocenters. The Hall–Kier alpha value is -2.06. The van der Waals surface area contributed by atoms with Crippen LogP contribution in [0.1, 0.15) is 54.1 Å². The Morgan fingerprint density at radius 2 is 1.89 bits per heavy atom. The number of benzene rings is 2. The number of nitrogens with zero attached hydrogens (tertiary/aromatic N) is 2. The molecule has 2 aliphatic heterocycles. The third-order valence-corrected chi connectivity index (χ3v) is 6.90. The lowest BCUT2D eigenvalue weighted by atomic mass is 9.82. The van der Waals surface area contributed by atoms with Gasteiger partial charge in [0.1, 0.15) is 0 Å². The zero-order valence-corrected chi connectivity index (χ0v) is 16.6. The number of fused-ring (bicyclic) bond motifs is 6. The SMILES string of the molecule is Cc1ccc2c(c1)c1c(n2CCCc2ccccc2)CC2CCCC1N2C. The molecule has 1 aromatic heterocycles. The Morgan fingerprint density at radius 3 is 2.74 bits per heavy atom. The Kier molecular flexibility index (Phi) is 4.32. The fourth-order valence-electron chi connectivity index (χ4n) is 5.51. The number of piperidine rings is 1. The van der Waals surface area contributed by atoms with Crippen molar-refractivity contribution in [1.82, 2.24) is 9.47 Å². The summed E-state index contributed by atoms with van der Waals surface area (Å²) in [6, 6.07) is 19.4. The van der Waals surface area contributed by atoms with Crippen molar-refractivity contribution in [2.45, 2.75) is 64.1 Å². The summed E-state index contributed by atoms with van der Waals surface area (Å²) in [6.07, 6.45) is 7.65. The number of hydrogen-bond acceptors (Lipinski definition) is 1. The number of likely N-dealkylation sites (N-methyl/N-ethyl adjacent to an activating group) is 1. The lowest BCUT2D eigenvalue weighted by Crippen LogP contribution is -2.44. The molecule has 5 rings (SSSR count). The van der Waals surface area contributed by atoms with Gasteiger partial charge in [0.25, 0.3) is 0 Å². The fourth-order valence-corrected chi connectivity index (χ4v) is 5.51. The van der Waals surface area contributed by atoms with Crippen LogP contribution in [0.15, 0.2) is 48.5 Å². The Morgan fingerprint density at radius 1 is 1.04 bits per heavy atom. The minimum atomic E-state index is 0.618. The van der Waals surface area contributed by atoms with E-state index >= 15 is 0 Å². The molecule has 0 aliphatic carbocycles. The van der Waals surface area contributed by atoms with Crippen molar-refractivity contribution in [2.75, 3.05) is 7.05 Å². The summed E-state index contributed by atoms with van der Waals surface area (Å²) in [6.45, 7) is 3.36. The topological polar surface area (TPSA) is 8.17 Å². The molecule has 2 bridgehead atoms. The van der Waals surface area contributed by atoms with Crippen LogP contribution < -0.4 is 0 Å². The van der Waals surface area contributed by atoms with Gasteiger partial charge in [0.2, 0.25) is 0 Å². The largest absolute Gasteiger partial charge is 0.344 e. The molecule has 0 N–H and O–H groups in total. The van der Waals surface area contributed by atoms with Crippen LogP contribution >= 0.6 is 0 Å². The second-order valence-corrected chi connectivity index (χ2v) is 8.59. The van der Waals surface area contributed by atoms with Gasteiger partial charge in [0.15, 0.2) is 0 Å². The van der Waals surface area contributed by atoms with Gasteiger partial charge in [-0.1, -0.05) is 42.0 Å². The van der Waals surface area contributed by atoms with Crippen LogP contribution in [-0.2, 0) is 19.4 Å². The van der Waals surface area contributed by atoms with Crippen LogP contribution in [-0.4, -0.2) is 22.6 Å². The van der Waals surface area contributed by atoms with E-state index in [0.29, 0.717) is 6.04 Å². The summed E-state index contributed by atoms with van der Waals surface area (Å²) in [5, 5.41) is 1.52. The van der Waals surface area contributed by atoms with Crippen LogP contribution in [0.3, 0.4) is 0 Å². The molecule has 2 nitrogen and oxygen atoms in total. The summed E-state index contributed by atoms with van der Waals surface area (Å²) < 4.78 is 2.67. The van der Waals surface area contributed by atoms with E-state index in [9.17, 15) is 0 Å². The Balaban J connectivity index is 1.53. The highest BCUT2D eigenvalue weighted by Gasteiger charge is 2.38. The predicted octanol–water partition coefficient (Wildman–Crippen LogP) is 5.66. The normalized spacial score (nSPS) is 22.1. The van der Waals surface area contributed by atoms with Gasteiger partial charge in [0.05, 0.1) is 0 Å². The summed E-state index contributed by atoms with van der Waals surface area (Å²) in [5.74, 6) is 0. The molecular weight excluding hydrogens is 328 g/mol. The molecule has 140 valence electrons. The monoisotopic (exact) mass is 358 g/mol. The molecular formula is C25H30N2. The quantitative estimate of drug-likeness (QED) is 0.584. The first-order valence-corrected chi connectivity index (χ1v) is 10.6. The summed E-state index contributed by atoms with van der Waals surface area (Å²) in [5.41, 5.74) is 7.57. The minimum absolute atomic E-state index is 0.618. The Bertz CT molecular complexity index is 953. The van der Waals surface area contributed by atoms with Gasteiger partial charge >= 0.3 is 0 Å². The molecule has 1 fully saturated rings. The van der Waals surface area contributed by atoms with E-state index in [2.05, 4.69) is 72.0 Å². The smallest absolute Gasteiger partial charge is 0.0486 e. The van der Waals surface area contributed by atoms with Crippen LogP contribution in [0.25, 0.3) is 10.9 Å². The molecule has 2 heteroatoms. The maximum atomic E-state index is 2.67. The maximum absolute atomic E-state index is 2.67. The molecule has 3 aromatic rings. The molecule has 0 radical (unpaired) electrons. The van der Waals surface area contributed by atoms with E-state index in [1.165, 1.54) is 54.1 Å². The van der Waals surface area contributed by atoms with Gasteiger partial charge in [0, 0.05) is 41.6 Å². The first-order valence-electron chi connectivity index (χ1n) is 10.6. The molecule has 3 heterocycles. The Labute approximate surface area is 162 Å². The second kappa shape index (κ2) is 6.83. The molecule has 0 amide bonds. The van der Waals surface area contributed by atoms with Crippen molar-refractivity contribution >= 4 is 10.9 Å². The van der Waals surface area contributed by atoms with Gasteiger partial charge < -0.3 is 4.57 Å². The fraction of sp³-hybridized carbons (Fsp3) is 0.440. The first-order chi connectivity index (χ1) is 13.2. The number of aromatic nitrogens is 1. The molecule has 1 saturated heterocycles. The van der Waals surface area contributed by atoms with E-state index < -0.39 is 0 Å². The predicted molar refractivity (Wildman–Crippen MR) is 113 cm³/mol. The van der Waals surface area contributed by atoms with Gasteiger partial charge in [-0.15, -0.1) is 0 Å². The van der Waals surface area contributed by atoms with Crippen LogP contribution in [0.4, 0.5) is 0 Å². The van der Waals surface area contributed by atoms with Gasteiger partial charge in [-0.05, 0) is 69.3 Å². The minimum Gasteiger partial charge on any atom is -0.344 e. The maximum Gasteiger partial charge on any atom is 0.0486 e. The lowest BCUT2D eigenvalue weighted by Gasteiger charge is -2.44. The van der Waals surface area contributed by atoms with Crippen molar-refractivity contribution in [3.8, 4) is 0 Å². The van der Waals surface area contributed by atoms with E-state index in [-0.39, 0.29) is 0 Å². The highest BCUT2D eigenvalue weighted by molar-refractivity contribution is 5.87. The third-order valence-electron chi connectivity index (χ3n) is 6.90. The standard InChI is InChI=1S/C25H30N2/c1-18-13-14-22-21(16-18)25-23-12-6-11-20(26(23)2)17-24(25)27(22)15-7-10-19-8-4-3-5-9-19/h3-5,8-9,13-14,16,20,23H,6-7,10-12,15,17H2,1-2H3. The van der Waals surface area contributed by atoms with Crippen molar-refractivity contribution in [2.24, 2.45) is 0 Å². The number of hydrogen-bond donors (Lipinski definition) is 0. The van der Waals surface area contributed by atoms with Crippen LogP contribution in [0.5, 0.6) is 0 Å². The average Bonchev–Trinajstić information content (AvgIpc) is 2.95. The zero-order valence-electron chi connectivity index (χ0n) is 16.6. The van der Waals surface area contributed by atoms with Gasteiger partial charge in [-0.3, -0.25) is 4.90 Å². The van der Waals surface area contributed by atoms with Crippen molar-refractivity contribution in [1.29, 1.82) is 0 Å². The van der Waals surface area contributed by atoms with Crippen molar-refractivity contribution in [3.05, 3.63) is 70.9 Å². The molecule has 2 aliphatic rings. The van der Waals surface area contributed by atoms with E-state index in [0.717, 1.165) is 19.0 Å². The molecule has 0 spiro atoms. The van der Waals surface area contributed by atoms with Gasteiger partial charge in [-0.2, -0.15) is 0 Å². The number of aryl methyl sites for hydroxylation is 3. The first kappa shape index (κ1) is 17.1. The van der Waals surface area contributed by atoms with E-state index in [1.54, 1.807) is 11.3 Å². The molecule has 0 saturated carbocycles. The average molecular weight is 359 g/mol. The van der Waals surface area contributed by atoms with Crippen molar-refractivity contribution in [3.63, 3.8) is 0 Å². The molecule has 2 atom stereocenters. The highest BCUT2D eigenvalue weighted by Crippen LogP contribution is 2.45. The van der Waals surface area contributed by atoms with Crippen LogP contribution in [0, 0.1) is 6.92 Å². The lowest BCUT2D eigenvalue weighted by molar-refractivity contribution is 0.0987. The van der Waals surface area contributed by atoms with Crippen molar-refractivity contribution < 1.29 is 0 Å². The highest BCUT2D eigenvalue weighted by atomic mass is 15.2. The third kappa shape index (κ3) is 2.91. The molecule has 2 aromatic carbocycles. The van der Waals surface area contributed by atoms with E-state index in [1.807, 2.05) is 0 Å². The number of rotatable bonds is 4. The summed E-state index contributed by atoms with van der Waals surface area (Å²) >= 11 is 0. The summed E-state index contributed by atoms with van der Waals surface area (Å²) in [4.78, 5) is 2.67. The van der Waals surface area contributed by atoms with Crippen LogP contribution in [0.2, 0.25) is 0 Å². The molecule has 27 heavy (non-hydrogen) atoms.